The molecule has 1 fully saturated rings. The summed E-state index contributed by atoms with van der Waals surface area (Å²) >= 11 is 0. The van der Waals surface area contributed by atoms with Crippen molar-refractivity contribution in [1.82, 2.24) is 10.2 Å². The van der Waals surface area contributed by atoms with Gasteiger partial charge in [-0.25, -0.2) is 0 Å². The molecule has 0 bridgehead atoms. The number of amides is 1. The van der Waals surface area contributed by atoms with Crippen LogP contribution in [0.2, 0.25) is 0 Å². The highest BCUT2D eigenvalue weighted by Crippen LogP contribution is 2.18. The molecule has 0 aromatic rings. The summed E-state index contributed by atoms with van der Waals surface area (Å²) in [4.78, 5) is 14.0. The van der Waals surface area contributed by atoms with Crippen LogP contribution in [-0.4, -0.2) is 45.3 Å². The molecule has 1 aliphatic rings. The third-order valence-electron chi connectivity index (χ3n) is 3.34. The standard InChI is InChI=1S/C12H24N2O2S/c1-5-7-11-13-10(6-2)12(15)14(11)8-9(3)17(4)16/h9-11,13H,5-8H2,1-4H3. The first-order chi connectivity index (χ1) is 8.01. The third-order valence-corrected chi connectivity index (χ3v) is 4.62. The van der Waals surface area contributed by atoms with E-state index in [1.807, 2.05) is 18.7 Å². The van der Waals surface area contributed by atoms with Gasteiger partial charge in [0.05, 0.1) is 12.2 Å². The summed E-state index contributed by atoms with van der Waals surface area (Å²) in [7, 11) is -0.875. The van der Waals surface area contributed by atoms with E-state index >= 15 is 0 Å². The maximum absolute atomic E-state index is 12.1. The van der Waals surface area contributed by atoms with E-state index in [-0.39, 0.29) is 23.4 Å². The lowest BCUT2D eigenvalue weighted by atomic mass is 10.2. The van der Waals surface area contributed by atoms with Gasteiger partial charge in [0, 0.05) is 28.9 Å². The van der Waals surface area contributed by atoms with E-state index in [2.05, 4.69) is 12.2 Å². The van der Waals surface area contributed by atoms with Crippen molar-refractivity contribution in [3.05, 3.63) is 0 Å². The topological polar surface area (TPSA) is 49.4 Å². The average Bonchev–Trinajstić information content (AvgIpc) is 2.57. The van der Waals surface area contributed by atoms with Gasteiger partial charge in [-0.1, -0.05) is 20.3 Å². The van der Waals surface area contributed by atoms with Gasteiger partial charge < -0.3 is 4.90 Å². The lowest BCUT2D eigenvalue weighted by Crippen LogP contribution is -2.42. The largest absolute Gasteiger partial charge is 0.325 e. The number of carbonyl (C=O) groups excluding carboxylic acids is 1. The predicted octanol–water partition coefficient (Wildman–Crippen LogP) is 1.09. The van der Waals surface area contributed by atoms with Gasteiger partial charge in [-0.3, -0.25) is 14.3 Å². The van der Waals surface area contributed by atoms with Gasteiger partial charge >= 0.3 is 0 Å². The number of carbonyl (C=O) groups is 1. The van der Waals surface area contributed by atoms with Crippen molar-refractivity contribution < 1.29 is 9.00 Å². The Hall–Kier alpha value is -0.420. The number of nitrogens with one attached hydrogen (secondary N) is 1. The molecule has 0 radical (unpaired) electrons. The monoisotopic (exact) mass is 260 g/mol. The molecule has 0 saturated carbocycles. The van der Waals surface area contributed by atoms with Crippen molar-refractivity contribution in [2.75, 3.05) is 12.8 Å². The second-order valence-electron chi connectivity index (χ2n) is 4.73. The second kappa shape index (κ2) is 6.50. The van der Waals surface area contributed by atoms with Crippen LogP contribution >= 0.6 is 0 Å². The van der Waals surface area contributed by atoms with Crippen LogP contribution in [0.1, 0.15) is 40.0 Å². The quantitative estimate of drug-likeness (QED) is 0.778. The summed E-state index contributed by atoms with van der Waals surface area (Å²) in [6.07, 6.45) is 4.65. The van der Waals surface area contributed by atoms with E-state index in [1.54, 1.807) is 6.26 Å². The molecule has 1 aliphatic heterocycles. The van der Waals surface area contributed by atoms with Crippen LogP contribution in [0.4, 0.5) is 0 Å². The first-order valence-corrected chi connectivity index (χ1v) is 8.02. The Morgan fingerprint density at radius 2 is 2.12 bits per heavy atom. The van der Waals surface area contributed by atoms with Gasteiger partial charge in [-0.05, 0) is 19.8 Å². The first kappa shape index (κ1) is 14.6. The molecule has 17 heavy (non-hydrogen) atoms. The molecule has 4 unspecified atom stereocenters. The van der Waals surface area contributed by atoms with Gasteiger partial charge in [0.1, 0.15) is 0 Å². The number of nitrogens with zero attached hydrogens (tertiary/aromatic N) is 1. The Morgan fingerprint density at radius 1 is 1.47 bits per heavy atom. The maximum Gasteiger partial charge on any atom is 0.241 e. The highest BCUT2D eigenvalue weighted by molar-refractivity contribution is 7.84. The average molecular weight is 260 g/mol. The summed E-state index contributed by atoms with van der Waals surface area (Å²) < 4.78 is 11.4. The molecule has 0 aromatic heterocycles. The Labute approximate surface area is 107 Å². The van der Waals surface area contributed by atoms with Crippen molar-refractivity contribution in [1.29, 1.82) is 0 Å². The Kier molecular flexibility index (Phi) is 5.59. The van der Waals surface area contributed by atoms with E-state index in [0.717, 1.165) is 19.3 Å². The summed E-state index contributed by atoms with van der Waals surface area (Å²) in [5.41, 5.74) is 0. The fourth-order valence-corrected chi connectivity index (χ4v) is 2.52. The fourth-order valence-electron chi connectivity index (χ4n) is 2.15. The van der Waals surface area contributed by atoms with Crippen LogP contribution in [-0.2, 0) is 15.6 Å². The van der Waals surface area contributed by atoms with E-state index in [4.69, 9.17) is 0 Å². The number of hydrogen-bond donors (Lipinski definition) is 1. The van der Waals surface area contributed by atoms with Crippen LogP contribution in [0.3, 0.4) is 0 Å². The zero-order valence-corrected chi connectivity index (χ0v) is 12.0. The molecule has 1 heterocycles. The van der Waals surface area contributed by atoms with Gasteiger partial charge in [0.25, 0.3) is 0 Å². The minimum absolute atomic E-state index is 0.0377. The Morgan fingerprint density at radius 3 is 2.59 bits per heavy atom. The maximum atomic E-state index is 12.1. The van der Waals surface area contributed by atoms with E-state index in [0.29, 0.717) is 6.54 Å². The molecule has 4 nitrogen and oxygen atoms in total. The van der Waals surface area contributed by atoms with E-state index in [9.17, 15) is 9.00 Å². The molecular weight excluding hydrogens is 236 g/mol. The number of rotatable bonds is 6. The highest BCUT2D eigenvalue weighted by Gasteiger charge is 2.37. The van der Waals surface area contributed by atoms with Gasteiger partial charge in [-0.15, -0.1) is 0 Å². The van der Waals surface area contributed by atoms with E-state index < -0.39 is 10.8 Å². The van der Waals surface area contributed by atoms with Gasteiger partial charge in [0.2, 0.25) is 5.91 Å². The Bertz CT molecular complexity index is 296. The molecule has 1 N–H and O–H groups in total. The summed E-state index contributed by atoms with van der Waals surface area (Å²) in [5.74, 6) is 0.170. The van der Waals surface area contributed by atoms with E-state index in [1.165, 1.54) is 0 Å². The van der Waals surface area contributed by atoms with Crippen molar-refractivity contribution in [2.24, 2.45) is 0 Å². The van der Waals surface area contributed by atoms with Crippen molar-refractivity contribution >= 4 is 16.7 Å². The predicted molar refractivity (Wildman–Crippen MR) is 71.2 cm³/mol. The van der Waals surface area contributed by atoms with Crippen molar-refractivity contribution in [2.45, 2.75) is 57.5 Å². The molecule has 1 rings (SSSR count). The van der Waals surface area contributed by atoms with Crippen LogP contribution in [0.15, 0.2) is 0 Å². The molecule has 0 aromatic carbocycles. The molecule has 100 valence electrons. The zero-order valence-electron chi connectivity index (χ0n) is 11.2. The zero-order chi connectivity index (χ0) is 13.0. The molecule has 4 atom stereocenters. The Balaban J connectivity index is 2.70. The third kappa shape index (κ3) is 3.52. The summed E-state index contributed by atoms with van der Waals surface area (Å²) in [6, 6.07) is -0.0518. The minimum Gasteiger partial charge on any atom is -0.325 e. The molecule has 0 aliphatic carbocycles. The molecule has 1 amide bonds. The number of hydrogen-bond acceptors (Lipinski definition) is 3. The summed E-state index contributed by atoms with van der Waals surface area (Å²) in [6.45, 7) is 6.66. The SMILES string of the molecule is CCCC1NC(CC)C(=O)N1CC(C)S(C)=O. The van der Waals surface area contributed by atoms with Gasteiger partial charge in [-0.2, -0.15) is 0 Å². The second-order valence-corrected chi connectivity index (χ2v) is 6.53. The van der Waals surface area contributed by atoms with Crippen molar-refractivity contribution in [3.8, 4) is 0 Å². The fraction of sp³-hybridized carbons (Fsp3) is 0.917. The lowest BCUT2D eigenvalue weighted by Gasteiger charge is -2.26. The van der Waals surface area contributed by atoms with Crippen LogP contribution in [0, 0.1) is 0 Å². The van der Waals surface area contributed by atoms with Crippen LogP contribution in [0.25, 0.3) is 0 Å². The smallest absolute Gasteiger partial charge is 0.241 e. The normalized spacial score (nSPS) is 28.5. The van der Waals surface area contributed by atoms with Crippen LogP contribution < -0.4 is 5.32 Å². The lowest BCUT2D eigenvalue weighted by molar-refractivity contribution is -0.130. The summed E-state index contributed by atoms with van der Waals surface area (Å²) in [5, 5.41) is 3.40. The first-order valence-electron chi connectivity index (χ1n) is 6.40. The molecule has 5 heteroatoms. The minimum atomic E-state index is -0.875. The van der Waals surface area contributed by atoms with Crippen molar-refractivity contribution in [3.63, 3.8) is 0 Å². The molecular formula is C12H24N2O2S. The molecule has 1 saturated heterocycles. The van der Waals surface area contributed by atoms with Gasteiger partial charge in [0.15, 0.2) is 0 Å². The molecule has 0 spiro atoms. The highest BCUT2D eigenvalue weighted by atomic mass is 32.2. The van der Waals surface area contributed by atoms with Crippen LogP contribution in [0.5, 0.6) is 0 Å².